The first kappa shape index (κ1) is 21.9. The van der Waals surface area contributed by atoms with Crippen LogP contribution in [-0.2, 0) is 0 Å². The van der Waals surface area contributed by atoms with E-state index >= 15 is 0 Å². The summed E-state index contributed by atoms with van der Waals surface area (Å²) in [4.78, 5) is 4.70. The van der Waals surface area contributed by atoms with Crippen LogP contribution in [0.15, 0.2) is 140 Å². The second-order valence-electron chi connectivity index (χ2n) is 9.11. The minimum absolute atomic E-state index is 0.765. The second-order valence-corrected chi connectivity index (χ2v) is 9.11. The van der Waals surface area contributed by atoms with Crippen LogP contribution in [0.5, 0.6) is 0 Å². The topological polar surface area (TPSA) is 48.5 Å². The van der Waals surface area contributed by atoms with Gasteiger partial charge in [0.25, 0.3) is 0 Å². The summed E-state index contributed by atoms with van der Waals surface area (Å²) in [5.74, 6) is 0.765. The van der Waals surface area contributed by atoms with E-state index in [1.165, 1.54) is 0 Å². The van der Waals surface area contributed by atoms with Crippen molar-refractivity contribution < 1.29 is 0 Å². The first-order valence-electron chi connectivity index (χ1n) is 12.5. The smallest absolute Gasteiger partial charge is 0.168 e. The Bertz CT molecular complexity index is 1790. The van der Waals surface area contributed by atoms with Gasteiger partial charge < -0.3 is 0 Å². The minimum Gasteiger partial charge on any atom is -0.299 e. The Morgan fingerprint density at radius 1 is 0.500 bits per heavy atom. The normalized spacial score (nSPS) is 11.2. The Morgan fingerprint density at radius 2 is 1.13 bits per heavy atom. The van der Waals surface area contributed by atoms with Gasteiger partial charge in [0, 0.05) is 22.4 Å². The van der Waals surface area contributed by atoms with E-state index in [1.54, 1.807) is 6.33 Å². The number of aromatic nitrogens is 5. The number of hydrogen-bond donors (Lipinski definition) is 0. The van der Waals surface area contributed by atoms with Gasteiger partial charge in [-0.05, 0) is 41.5 Å². The minimum atomic E-state index is 0.765. The first-order chi connectivity index (χ1) is 18.9. The summed E-state index contributed by atoms with van der Waals surface area (Å²) in [7, 11) is 0. The summed E-state index contributed by atoms with van der Waals surface area (Å²) in [6.45, 7) is 0. The second kappa shape index (κ2) is 9.30. The van der Waals surface area contributed by atoms with Gasteiger partial charge in [-0.25, -0.2) is 4.98 Å². The van der Waals surface area contributed by atoms with E-state index in [4.69, 9.17) is 4.98 Å². The summed E-state index contributed by atoms with van der Waals surface area (Å²) in [5, 5.41) is 8.95. The number of para-hydroxylation sites is 2. The fourth-order valence-corrected chi connectivity index (χ4v) is 5.05. The molecule has 0 aliphatic carbocycles. The molecule has 0 atom stereocenters. The highest BCUT2D eigenvalue weighted by atomic mass is 15.3. The van der Waals surface area contributed by atoms with Crippen molar-refractivity contribution in [1.82, 2.24) is 24.3 Å². The third-order valence-corrected chi connectivity index (χ3v) is 6.83. The van der Waals surface area contributed by atoms with Gasteiger partial charge in [0.1, 0.15) is 12.7 Å². The molecule has 0 saturated carbocycles. The molecule has 0 bridgehead atoms. The van der Waals surface area contributed by atoms with E-state index in [0.717, 1.165) is 56.0 Å². The Labute approximate surface area is 220 Å². The number of hydrogen-bond acceptors (Lipinski definition) is 3. The lowest BCUT2D eigenvalue weighted by Crippen LogP contribution is -2.02. The quantitative estimate of drug-likeness (QED) is 0.250. The molecule has 5 nitrogen and oxygen atoms in total. The zero-order chi connectivity index (χ0) is 25.3. The summed E-state index contributed by atoms with van der Waals surface area (Å²) in [6, 6.07) is 43.9. The fourth-order valence-electron chi connectivity index (χ4n) is 5.05. The van der Waals surface area contributed by atoms with Crippen LogP contribution in [0.1, 0.15) is 0 Å². The fraction of sp³-hybridized carbons (Fsp3) is 0. The number of fused-ring (bicyclic) bond motifs is 1. The summed E-state index contributed by atoms with van der Waals surface area (Å²) >= 11 is 0. The monoisotopic (exact) mass is 489 g/mol. The van der Waals surface area contributed by atoms with Gasteiger partial charge in [0.05, 0.1) is 16.7 Å². The maximum absolute atomic E-state index is 4.70. The van der Waals surface area contributed by atoms with Crippen molar-refractivity contribution in [1.29, 1.82) is 0 Å². The van der Waals surface area contributed by atoms with E-state index in [2.05, 4.69) is 116 Å². The molecule has 0 spiro atoms. The van der Waals surface area contributed by atoms with Crippen molar-refractivity contribution in [3.63, 3.8) is 0 Å². The molecule has 0 saturated heterocycles. The SMILES string of the molecule is c1ccc(-c2cccc(-c3ccccc3)c2-n2cnnc2-c2ccc3c(c2)ncn3-c2ccccc2)cc1. The maximum atomic E-state index is 4.70. The van der Waals surface area contributed by atoms with E-state index in [9.17, 15) is 0 Å². The first-order valence-corrected chi connectivity index (χ1v) is 12.5. The van der Waals surface area contributed by atoms with E-state index < -0.39 is 0 Å². The molecule has 0 aliphatic heterocycles. The standard InChI is InChI=1S/C33H23N5/c1-4-11-24(12-5-1)28-17-10-18-29(25-13-6-2-7-14-25)32(28)38-23-35-36-33(38)26-19-20-31-30(21-26)34-22-37(31)27-15-8-3-9-16-27/h1-23H. The van der Waals surface area contributed by atoms with Gasteiger partial charge in [-0.15, -0.1) is 10.2 Å². The largest absolute Gasteiger partial charge is 0.299 e. The molecule has 0 radical (unpaired) electrons. The van der Waals surface area contributed by atoms with Gasteiger partial charge in [-0.1, -0.05) is 97.1 Å². The summed E-state index contributed by atoms with van der Waals surface area (Å²) < 4.78 is 4.20. The predicted molar refractivity (Wildman–Crippen MR) is 152 cm³/mol. The maximum Gasteiger partial charge on any atom is 0.168 e. The lowest BCUT2D eigenvalue weighted by Gasteiger charge is -2.18. The van der Waals surface area contributed by atoms with Crippen LogP contribution in [0.4, 0.5) is 0 Å². The van der Waals surface area contributed by atoms with Crippen molar-refractivity contribution in [3.05, 3.63) is 140 Å². The van der Waals surface area contributed by atoms with Crippen LogP contribution in [0.3, 0.4) is 0 Å². The number of nitrogens with zero attached hydrogens (tertiary/aromatic N) is 5. The molecule has 7 aromatic rings. The number of imidazole rings is 1. The van der Waals surface area contributed by atoms with Crippen molar-refractivity contribution in [2.45, 2.75) is 0 Å². The molecule has 0 fully saturated rings. The van der Waals surface area contributed by atoms with Gasteiger partial charge in [-0.2, -0.15) is 0 Å². The summed E-state index contributed by atoms with van der Waals surface area (Å²) in [6.07, 6.45) is 3.67. The predicted octanol–water partition coefficient (Wildman–Crippen LogP) is 7.61. The van der Waals surface area contributed by atoms with Crippen LogP contribution in [-0.4, -0.2) is 24.3 Å². The molecule has 0 aliphatic rings. The van der Waals surface area contributed by atoms with Crippen molar-refractivity contribution in [2.75, 3.05) is 0 Å². The molecular weight excluding hydrogens is 466 g/mol. The Hall–Kier alpha value is -5.29. The zero-order valence-electron chi connectivity index (χ0n) is 20.5. The van der Waals surface area contributed by atoms with Gasteiger partial charge >= 0.3 is 0 Å². The van der Waals surface area contributed by atoms with Crippen LogP contribution in [0.25, 0.3) is 56.0 Å². The lowest BCUT2D eigenvalue weighted by molar-refractivity contribution is 1.07. The van der Waals surface area contributed by atoms with Crippen LogP contribution >= 0.6 is 0 Å². The number of benzene rings is 5. The van der Waals surface area contributed by atoms with Crippen LogP contribution in [0.2, 0.25) is 0 Å². The van der Waals surface area contributed by atoms with Crippen molar-refractivity contribution >= 4 is 11.0 Å². The molecule has 0 amide bonds. The zero-order valence-corrected chi connectivity index (χ0v) is 20.5. The van der Waals surface area contributed by atoms with E-state index in [-0.39, 0.29) is 0 Å². The Morgan fingerprint density at radius 3 is 1.79 bits per heavy atom. The highest BCUT2D eigenvalue weighted by Crippen LogP contribution is 2.37. The molecule has 2 aromatic heterocycles. The van der Waals surface area contributed by atoms with E-state index in [1.807, 2.05) is 36.7 Å². The van der Waals surface area contributed by atoms with Crippen molar-refractivity contribution in [3.8, 4) is 45.0 Å². The molecule has 0 unspecified atom stereocenters. The number of rotatable bonds is 5. The molecule has 7 rings (SSSR count). The molecule has 180 valence electrons. The molecule has 0 N–H and O–H groups in total. The lowest BCUT2D eigenvalue weighted by atomic mass is 9.95. The molecule has 5 heteroatoms. The third-order valence-electron chi connectivity index (χ3n) is 6.83. The molecular formula is C33H23N5. The highest BCUT2D eigenvalue weighted by molar-refractivity contribution is 5.87. The average molecular weight is 490 g/mol. The Kier molecular flexibility index (Phi) is 5.37. The Balaban J connectivity index is 1.42. The van der Waals surface area contributed by atoms with Crippen LogP contribution < -0.4 is 0 Å². The van der Waals surface area contributed by atoms with Gasteiger partial charge in [-0.3, -0.25) is 9.13 Å². The highest BCUT2D eigenvalue weighted by Gasteiger charge is 2.19. The van der Waals surface area contributed by atoms with Gasteiger partial charge in [0.15, 0.2) is 5.82 Å². The van der Waals surface area contributed by atoms with Gasteiger partial charge in [0.2, 0.25) is 0 Å². The average Bonchev–Trinajstić information content (AvgIpc) is 3.65. The molecule has 2 heterocycles. The van der Waals surface area contributed by atoms with E-state index in [0.29, 0.717) is 0 Å². The van der Waals surface area contributed by atoms with Crippen molar-refractivity contribution in [2.24, 2.45) is 0 Å². The summed E-state index contributed by atoms with van der Waals surface area (Å²) in [5.41, 5.74) is 9.52. The third kappa shape index (κ3) is 3.78. The van der Waals surface area contributed by atoms with Crippen LogP contribution in [0, 0.1) is 0 Å². The molecule has 38 heavy (non-hydrogen) atoms. The molecule has 5 aromatic carbocycles.